The molecule has 29 heavy (non-hydrogen) atoms. The van der Waals surface area contributed by atoms with Crippen LogP contribution in [-0.2, 0) is 9.53 Å². The predicted octanol–water partition coefficient (Wildman–Crippen LogP) is 4.29. The lowest BCUT2D eigenvalue weighted by Crippen LogP contribution is -2.50. The molecule has 0 unspecified atom stereocenters. The molecule has 2 aliphatic carbocycles. The Morgan fingerprint density at radius 3 is 2.31 bits per heavy atom. The largest absolute Gasteiger partial charge is 0.451 e. The van der Waals surface area contributed by atoms with E-state index in [1.165, 1.54) is 38.5 Å². The number of amides is 1. The second-order valence-electron chi connectivity index (χ2n) is 8.56. The minimum absolute atomic E-state index is 0.0447. The van der Waals surface area contributed by atoms with E-state index in [4.69, 9.17) is 4.74 Å². The van der Waals surface area contributed by atoms with Gasteiger partial charge in [-0.2, -0.15) is 0 Å². The van der Waals surface area contributed by atoms with Crippen molar-refractivity contribution in [2.45, 2.75) is 83.2 Å². The minimum atomic E-state index is -0.535. The van der Waals surface area contributed by atoms with Crippen LogP contribution in [0.25, 0.3) is 5.65 Å². The lowest BCUT2D eigenvalue weighted by Gasteiger charge is -2.41. The van der Waals surface area contributed by atoms with Gasteiger partial charge in [-0.05, 0) is 50.3 Å². The molecule has 2 heterocycles. The Morgan fingerprint density at radius 1 is 1.07 bits per heavy atom. The maximum absolute atomic E-state index is 13.1. The van der Waals surface area contributed by atoms with Gasteiger partial charge in [0.1, 0.15) is 5.65 Å². The van der Waals surface area contributed by atoms with E-state index in [0.717, 1.165) is 31.2 Å². The maximum Gasteiger partial charge on any atom is 0.359 e. The minimum Gasteiger partial charge on any atom is -0.451 e. The molecule has 2 aromatic rings. The summed E-state index contributed by atoms with van der Waals surface area (Å²) in [4.78, 5) is 32.0. The van der Waals surface area contributed by atoms with Crippen molar-refractivity contribution in [1.29, 1.82) is 0 Å². The Labute approximate surface area is 172 Å². The van der Waals surface area contributed by atoms with Crippen LogP contribution in [0, 0.1) is 6.92 Å². The third kappa shape index (κ3) is 4.62. The zero-order chi connectivity index (χ0) is 20.2. The standard InChI is InChI=1S/C23H31N3O3/c1-17-12-13-25-15-20(24-21(25)14-17)23(28)29-16-22(27)26(18-8-4-2-5-9-18)19-10-6-3-7-11-19/h12-15,18-19H,2-11,16H2,1H3. The summed E-state index contributed by atoms with van der Waals surface area (Å²) in [6.07, 6.45) is 15.0. The second-order valence-corrected chi connectivity index (χ2v) is 8.56. The van der Waals surface area contributed by atoms with Gasteiger partial charge in [0.2, 0.25) is 0 Å². The number of nitrogens with zero attached hydrogens (tertiary/aromatic N) is 3. The highest BCUT2D eigenvalue weighted by Crippen LogP contribution is 2.30. The quantitative estimate of drug-likeness (QED) is 0.706. The normalized spacial score (nSPS) is 18.7. The highest BCUT2D eigenvalue weighted by atomic mass is 16.5. The molecule has 0 saturated heterocycles. The highest BCUT2D eigenvalue weighted by molar-refractivity contribution is 5.90. The predicted molar refractivity (Wildman–Crippen MR) is 111 cm³/mol. The van der Waals surface area contributed by atoms with Crippen LogP contribution in [-0.4, -0.2) is 44.9 Å². The summed E-state index contributed by atoms with van der Waals surface area (Å²) < 4.78 is 7.20. The van der Waals surface area contributed by atoms with Crippen LogP contribution in [0.2, 0.25) is 0 Å². The molecule has 0 bridgehead atoms. The Hall–Kier alpha value is -2.37. The third-order valence-electron chi connectivity index (χ3n) is 6.38. The molecule has 2 aromatic heterocycles. The van der Waals surface area contributed by atoms with Crippen LogP contribution in [0.15, 0.2) is 24.5 Å². The Bertz CT molecular complexity index is 845. The molecule has 6 nitrogen and oxygen atoms in total. The van der Waals surface area contributed by atoms with Crippen LogP contribution in [0.4, 0.5) is 0 Å². The third-order valence-corrected chi connectivity index (χ3v) is 6.38. The lowest BCUT2D eigenvalue weighted by atomic mass is 9.88. The van der Waals surface area contributed by atoms with Crippen molar-refractivity contribution in [2.24, 2.45) is 0 Å². The average molecular weight is 398 g/mol. The number of imidazole rings is 1. The highest BCUT2D eigenvalue weighted by Gasteiger charge is 2.33. The topological polar surface area (TPSA) is 63.9 Å². The molecule has 2 aliphatic rings. The number of esters is 1. The van der Waals surface area contributed by atoms with Gasteiger partial charge >= 0.3 is 5.97 Å². The number of rotatable bonds is 5. The first-order chi connectivity index (χ1) is 14.1. The summed E-state index contributed by atoms with van der Waals surface area (Å²) in [5, 5.41) is 0. The molecular weight excluding hydrogens is 366 g/mol. The summed E-state index contributed by atoms with van der Waals surface area (Å²) in [5.41, 5.74) is 2.02. The smallest absolute Gasteiger partial charge is 0.359 e. The van der Waals surface area contributed by atoms with Crippen molar-refractivity contribution in [3.8, 4) is 0 Å². The number of aromatic nitrogens is 2. The van der Waals surface area contributed by atoms with Crippen LogP contribution < -0.4 is 0 Å². The fourth-order valence-electron chi connectivity index (χ4n) is 4.88. The molecule has 4 rings (SSSR count). The molecule has 0 aliphatic heterocycles. The van der Waals surface area contributed by atoms with E-state index in [9.17, 15) is 9.59 Å². The van der Waals surface area contributed by atoms with E-state index in [1.54, 1.807) is 10.6 Å². The Kier molecular flexibility index (Phi) is 6.16. The first kappa shape index (κ1) is 19.9. The van der Waals surface area contributed by atoms with Gasteiger partial charge in [0, 0.05) is 24.5 Å². The number of carbonyl (C=O) groups is 2. The molecule has 0 atom stereocenters. The average Bonchev–Trinajstić information content (AvgIpc) is 3.17. The SMILES string of the molecule is Cc1ccn2cc(C(=O)OCC(=O)N(C3CCCCC3)C3CCCCC3)nc2c1. The zero-order valence-electron chi connectivity index (χ0n) is 17.3. The van der Waals surface area contributed by atoms with Crippen molar-refractivity contribution < 1.29 is 14.3 Å². The van der Waals surface area contributed by atoms with Gasteiger partial charge < -0.3 is 14.0 Å². The Morgan fingerprint density at radius 2 is 1.69 bits per heavy atom. The van der Waals surface area contributed by atoms with Crippen molar-refractivity contribution in [2.75, 3.05) is 6.61 Å². The number of carbonyl (C=O) groups excluding carboxylic acids is 2. The molecule has 2 fully saturated rings. The first-order valence-electron chi connectivity index (χ1n) is 11.1. The molecule has 2 saturated carbocycles. The summed E-state index contributed by atoms with van der Waals surface area (Å²) >= 11 is 0. The van der Waals surface area contributed by atoms with E-state index in [2.05, 4.69) is 9.88 Å². The number of pyridine rings is 1. The van der Waals surface area contributed by atoms with Crippen molar-refractivity contribution in [3.05, 3.63) is 35.8 Å². The molecule has 0 aromatic carbocycles. The van der Waals surface area contributed by atoms with Gasteiger partial charge in [-0.25, -0.2) is 9.78 Å². The molecule has 0 spiro atoms. The van der Waals surface area contributed by atoms with Crippen LogP contribution in [0.3, 0.4) is 0 Å². The zero-order valence-corrected chi connectivity index (χ0v) is 17.3. The fourth-order valence-corrected chi connectivity index (χ4v) is 4.88. The number of aryl methyl sites for hydroxylation is 1. The summed E-state index contributed by atoms with van der Waals surface area (Å²) in [6.45, 7) is 1.79. The number of hydrogen-bond acceptors (Lipinski definition) is 4. The van der Waals surface area contributed by atoms with Gasteiger partial charge in [0.05, 0.1) is 0 Å². The first-order valence-corrected chi connectivity index (χ1v) is 11.1. The summed E-state index contributed by atoms with van der Waals surface area (Å²) in [6, 6.07) is 4.47. The van der Waals surface area contributed by atoms with Gasteiger partial charge in [-0.1, -0.05) is 38.5 Å². The number of hydrogen-bond donors (Lipinski definition) is 0. The van der Waals surface area contributed by atoms with Crippen molar-refractivity contribution in [1.82, 2.24) is 14.3 Å². The van der Waals surface area contributed by atoms with Crippen LogP contribution in [0.5, 0.6) is 0 Å². The fraction of sp³-hybridized carbons (Fsp3) is 0.609. The summed E-state index contributed by atoms with van der Waals surface area (Å²) in [5.74, 6) is -0.580. The van der Waals surface area contributed by atoms with Crippen molar-refractivity contribution in [3.63, 3.8) is 0 Å². The summed E-state index contributed by atoms with van der Waals surface area (Å²) in [7, 11) is 0. The van der Waals surface area contributed by atoms with Gasteiger partial charge in [0.15, 0.2) is 12.3 Å². The van der Waals surface area contributed by atoms with Gasteiger partial charge in [-0.15, -0.1) is 0 Å². The number of ether oxygens (including phenoxy) is 1. The van der Waals surface area contributed by atoms with E-state index in [0.29, 0.717) is 17.7 Å². The van der Waals surface area contributed by atoms with Crippen molar-refractivity contribution >= 4 is 17.5 Å². The monoisotopic (exact) mass is 397 g/mol. The molecule has 6 heteroatoms. The van der Waals surface area contributed by atoms with E-state index in [1.807, 2.05) is 25.3 Å². The number of fused-ring (bicyclic) bond motifs is 1. The maximum atomic E-state index is 13.1. The van der Waals surface area contributed by atoms with E-state index < -0.39 is 5.97 Å². The molecule has 156 valence electrons. The second kappa shape index (κ2) is 8.97. The molecule has 1 amide bonds. The molecule has 0 N–H and O–H groups in total. The van der Waals surface area contributed by atoms with E-state index in [-0.39, 0.29) is 18.2 Å². The molecular formula is C23H31N3O3. The Balaban J connectivity index is 1.42. The van der Waals surface area contributed by atoms with Gasteiger partial charge in [0.25, 0.3) is 5.91 Å². The van der Waals surface area contributed by atoms with Crippen LogP contribution in [0.1, 0.15) is 80.3 Å². The lowest BCUT2D eigenvalue weighted by molar-refractivity contribution is -0.141. The van der Waals surface area contributed by atoms with E-state index >= 15 is 0 Å². The van der Waals surface area contributed by atoms with Crippen LogP contribution >= 0.6 is 0 Å². The van der Waals surface area contributed by atoms with Gasteiger partial charge in [-0.3, -0.25) is 4.79 Å². The molecule has 0 radical (unpaired) electrons.